The van der Waals surface area contributed by atoms with Crippen LogP contribution in [0.15, 0.2) is 18.2 Å². The van der Waals surface area contributed by atoms with E-state index in [2.05, 4.69) is 0 Å². The van der Waals surface area contributed by atoms with Gasteiger partial charge in [-0.3, -0.25) is 4.79 Å². The number of halogens is 2. The van der Waals surface area contributed by atoms with Gasteiger partial charge in [-0.1, -0.05) is 0 Å². The zero-order valence-electron chi connectivity index (χ0n) is 8.94. The summed E-state index contributed by atoms with van der Waals surface area (Å²) in [6.45, 7) is 0. The molecule has 0 heterocycles. The number of carbonyl (C=O) groups is 1. The number of carboxylic acids is 1. The lowest BCUT2D eigenvalue weighted by molar-refractivity contribution is -0.137. The number of carboxylic acid groups (broad SMARTS) is 1. The first-order chi connectivity index (χ1) is 7.91. The van der Waals surface area contributed by atoms with Gasteiger partial charge in [-0.2, -0.15) is 0 Å². The first kappa shape index (κ1) is 13.5. The average Bonchev–Trinajstić information content (AvgIpc) is 2.28. The Hall–Kier alpha value is -1.53. The van der Waals surface area contributed by atoms with Gasteiger partial charge in [0.2, 0.25) is 0 Å². The molecule has 1 rings (SSSR count). The Morgan fingerprint density at radius 2 is 2.06 bits per heavy atom. The van der Waals surface area contributed by atoms with Gasteiger partial charge in [0, 0.05) is 18.0 Å². The second-order valence-corrected chi connectivity index (χ2v) is 3.71. The van der Waals surface area contributed by atoms with E-state index in [9.17, 15) is 18.7 Å². The summed E-state index contributed by atoms with van der Waals surface area (Å²) < 4.78 is 26.2. The molecule has 0 aliphatic carbocycles. The zero-order chi connectivity index (χ0) is 13.0. The van der Waals surface area contributed by atoms with Crippen LogP contribution in [0.1, 0.15) is 24.5 Å². The van der Waals surface area contributed by atoms with Crippen molar-refractivity contribution in [1.29, 1.82) is 0 Å². The van der Waals surface area contributed by atoms with Crippen LogP contribution < -0.4 is 5.73 Å². The van der Waals surface area contributed by atoms with Gasteiger partial charge >= 0.3 is 5.97 Å². The van der Waals surface area contributed by atoms with Crippen LogP contribution in [0, 0.1) is 11.6 Å². The number of nitrogens with two attached hydrogens (primary N) is 1. The largest absolute Gasteiger partial charge is 0.481 e. The van der Waals surface area contributed by atoms with Crippen LogP contribution in [0.25, 0.3) is 0 Å². The van der Waals surface area contributed by atoms with Crippen LogP contribution in [0.2, 0.25) is 0 Å². The van der Waals surface area contributed by atoms with Gasteiger partial charge in [0.05, 0.1) is 6.10 Å². The zero-order valence-corrected chi connectivity index (χ0v) is 8.94. The van der Waals surface area contributed by atoms with Gasteiger partial charge in [0.15, 0.2) is 0 Å². The van der Waals surface area contributed by atoms with Crippen molar-refractivity contribution in [3.63, 3.8) is 0 Å². The van der Waals surface area contributed by atoms with Crippen molar-refractivity contribution in [3.8, 4) is 0 Å². The molecule has 0 aliphatic rings. The Bertz CT molecular complexity index is 412. The lowest BCUT2D eigenvalue weighted by atomic mass is 9.98. The van der Waals surface area contributed by atoms with Gasteiger partial charge in [-0.25, -0.2) is 8.78 Å². The van der Waals surface area contributed by atoms with E-state index in [-0.39, 0.29) is 18.4 Å². The van der Waals surface area contributed by atoms with Crippen LogP contribution in [-0.4, -0.2) is 22.2 Å². The monoisotopic (exact) mass is 245 g/mol. The standard InChI is InChI=1S/C11H13F2NO3/c12-6-1-2-8(13)7(5-6)11(17)9(14)3-4-10(15)16/h1-2,5,9,11,17H,3-4,14H2,(H,15,16). The predicted molar refractivity (Wildman–Crippen MR) is 56.2 cm³/mol. The summed E-state index contributed by atoms with van der Waals surface area (Å²) in [6.07, 6.45) is -1.69. The van der Waals surface area contributed by atoms with Crippen molar-refractivity contribution in [2.45, 2.75) is 25.0 Å². The summed E-state index contributed by atoms with van der Waals surface area (Å²) in [5.74, 6) is -2.53. The van der Waals surface area contributed by atoms with E-state index in [0.29, 0.717) is 0 Å². The highest BCUT2D eigenvalue weighted by molar-refractivity contribution is 5.66. The Labute approximate surface area is 96.7 Å². The van der Waals surface area contributed by atoms with E-state index in [0.717, 1.165) is 18.2 Å². The number of aliphatic carboxylic acids is 1. The van der Waals surface area contributed by atoms with Crippen molar-refractivity contribution in [2.24, 2.45) is 5.73 Å². The Morgan fingerprint density at radius 3 is 2.65 bits per heavy atom. The molecule has 0 bridgehead atoms. The maximum absolute atomic E-state index is 13.3. The summed E-state index contributed by atoms with van der Waals surface area (Å²) in [5, 5.41) is 18.1. The van der Waals surface area contributed by atoms with E-state index >= 15 is 0 Å². The minimum atomic E-state index is -1.43. The van der Waals surface area contributed by atoms with Gasteiger partial charge in [-0.05, 0) is 24.6 Å². The van der Waals surface area contributed by atoms with Crippen molar-refractivity contribution >= 4 is 5.97 Å². The SMILES string of the molecule is NC(CCC(=O)O)C(O)c1cc(F)ccc1F. The lowest BCUT2D eigenvalue weighted by Gasteiger charge is -2.19. The molecule has 1 aromatic rings. The molecule has 4 N–H and O–H groups in total. The van der Waals surface area contributed by atoms with Crippen LogP contribution in [-0.2, 0) is 4.79 Å². The average molecular weight is 245 g/mol. The van der Waals surface area contributed by atoms with E-state index in [1.807, 2.05) is 0 Å². The lowest BCUT2D eigenvalue weighted by Crippen LogP contribution is -2.29. The van der Waals surface area contributed by atoms with Gasteiger partial charge in [0.1, 0.15) is 11.6 Å². The van der Waals surface area contributed by atoms with Crippen molar-refractivity contribution < 1.29 is 23.8 Å². The predicted octanol–water partition coefficient (Wildman–Crippen LogP) is 1.19. The number of hydrogen-bond acceptors (Lipinski definition) is 3. The fourth-order valence-electron chi connectivity index (χ4n) is 1.42. The maximum Gasteiger partial charge on any atom is 0.303 e. The third-order valence-corrected chi connectivity index (χ3v) is 2.37. The highest BCUT2D eigenvalue weighted by Crippen LogP contribution is 2.22. The first-order valence-corrected chi connectivity index (χ1v) is 5.02. The maximum atomic E-state index is 13.3. The minimum Gasteiger partial charge on any atom is -0.481 e. The second-order valence-electron chi connectivity index (χ2n) is 3.71. The number of aliphatic hydroxyl groups is 1. The summed E-state index contributed by atoms with van der Waals surface area (Å²) >= 11 is 0. The third-order valence-electron chi connectivity index (χ3n) is 2.37. The molecule has 0 amide bonds. The molecule has 94 valence electrons. The van der Waals surface area contributed by atoms with Crippen LogP contribution in [0.3, 0.4) is 0 Å². The molecule has 2 unspecified atom stereocenters. The number of rotatable bonds is 5. The molecule has 4 nitrogen and oxygen atoms in total. The molecule has 17 heavy (non-hydrogen) atoms. The molecule has 6 heteroatoms. The van der Waals surface area contributed by atoms with E-state index in [1.54, 1.807) is 0 Å². The Balaban J connectivity index is 2.77. The summed E-state index contributed by atoms with van der Waals surface area (Å²) in [7, 11) is 0. The number of aliphatic hydroxyl groups excluding tert-OH is 1. The number of hydrogen-bond donors (Lipinski definition) is 3. The van der Waals surface area contributed by atoms with Crippen molar-refractivity contribution in [1.82, 2.24) is 0 Å². The Morgan fingerprint density at radius 1 is 1.41 bits per heavy atom. The molecule has 0 saturated carbocycles. The molecule has 0 aliphatic heterocycles. The third kappa shape index (κ3) is 3.76. The van der Waals surface area contributed by atoms with Crippen molar-refractivity contribution in [3.05, 3.63) is 35.4 Å². The smallest absolute Gasteiger partial charge is 0.303 e. The molecule has 0 radical (unpaired) electrons. The Kier molecular flexibility index (Phi) is 4.53. The van der Waals surface area contributed by atoms with Gasteiger partial charge in [0.25, 0.3) is 0 Å². The fourth-order valence-corrected chi connectivity index (χ4v) is 1.42. The van der Waals surface area contributed by atoms with E-state index in [4.69, 9.17) is 10.8 Å². The summed E-state index contributed by atoms with van der Waals surface area (Å²) in [4.78, 5) is 10.3. The van der Waals surface area contributed by atoms with E-state index < -0.39 is 29.7 Å². The number of benzene rings is 1. The quantitative estimate of drug-likeness (QED) is 0.727. The molecule has 2 atom stereocenters. The first-order valence-electron chi connectivity index (χ1n) is 5.02. The van der Waals surface area contributed by atoms with Crippen LogP contribution in [0.4, 0.5) is 8.78 Å². The topological polar surface area (TPSA) is 83.6 Å². The molecule has 1 aromatic carbocycles. The highest BCUT2D eigenvalue weighted by Gasteiger charge is 2.21. The van der Waals surface area contributed by atoms with Crippen LogP contribution in [0.5, 0.6) is 0 Å². The van der Waals surface area contributed by atoms with E-state index in [1.165, 1.54) is 0 Å². The molecule has 0 spiro atoms. The van der Waals surface area contributed by atoms with Gasteiger partial charge in [-0.15, -0.1) is 0 Å². The van der Waals surface area contributed by atoms with Crippen LogP contribution >= 0.6 is 0 Å². The molecular formula is C11H13F2NO3. The normalized spacial score (nSPS) is 14.4. The fraction of sp³-hybridized carbons (Fsp3) is 0.364. The summed E-state index contributed by atoms with van der Waals surface area (Å²) in [6, 6.07) is 1.70. The molecular weight excluding hydrogens is 232 g/mol. The minimum absolute atomic E-state index is 0.0214. The summed E-state index contributed by atoms with van der Waals surface area (Å²) in [5.41, 5.74) is 5.25. The molecule has 0 fully saturated rings. The van der Waals surface area contributed by atoms with Crippen molar-refractivity contribution in [2.75, 3.05) is 0 Å². The second kappa shape index (κ2) is 5.70. The molecule has 0 saturated heterocycles. The molecule has 0 aromatic heterocycles. The van der Waals surface area contributed by atoms with Gasteiger partial charge < -0.3 is 15.9 Å². The highest BCUT2D eigenvalue weighted by atomic mass is 19.1.